The summed E-state index contributed by atoms with van der Waals surface area (Å²) in [6.07, 6.45) is 0. The Morgan fingerprint density at radius 2 is 1.89 bits per heavy atom. The molecule has 0 aromatic heterocycles. The summed E-state index contributed by atoms with van der Waals surface area (Å²) in [7, 11) is 1.50. The summed E-state index contributed by atoms with van der Waals surface area (Å²) in [5.74, 6) is 0. The summed E-state index contributed by atoms with van der Waals surface area (Å²) in [6, 6.07) is 6.98. The maximum atomic E-state index is 9.96. The van der Waals surface area contributed by atoms with E-state index in [1.54, 1.807) is 45.9 Å². The lowest BCUT2D eigenvalue weighted by atomic mass is 9.82. The maximum absolute atomic E-state index is 9.96. The van der Waals surface area contributed by atoms with Crippen molar-refractivity contribution in [2.75, 3.05) is 0 Å². The minimum Gasteiger partial charge on any atom is -0.427 e. The molecule has 1 radical (unpaired) electrons. The molecule has 0 unspecified atom stereocenters. The van der Waals surface area contributed by atoms with E-state index in [4.69, 9.17) is 21.5 Å². The largest absolute Gasteiger partial charge is 0.427 e. The molecule has 0 saturated heterocycles. The Labute approximate surface area is 114 Å². The minimum atomic E-state index is -0.986. The van der Waals surface area contributed by atoms with Gasteiger partial charge in [0.1, 0.15) is 0 Å². The SMILES string of the molecule is CC(C)(O)C(C)(C)O[B]c1cc(Cl)cc(C#N)c1. The molecular weight excluding hydrogens is 248 g/mol. The van der Waals surface area contributed by atoms with Crippen LogP contribution in [0.2, 0.25) is 5.02 Å². The van der Waals surface area contributed by atoms with Crippen molar-refractivity contribution >= 4 is 24.5 Å². The minimum absolute atomic E-state index is 0.471. The molecule has 0 spiro atoms. The van der Waals surface area contributed by atoms with Crippen LogP contribution < -0.4 is 5.46 Å². The van der Waals surface area contributed by atoms with Crippen LogP contribution in [0, 0.1) is 11.3 Å². The van der Waals surface area contributed by atoms with Gasteiger partial charge in [0.2, 0.25) is 0 Å². The van der Waals surface area contributed by atoms with Gasteiger partial charge in [0.15, 0.2) is 0 Å². The van der Waals surface area contributed by atoms with Crippen molar-refractivity contribution in [2.45, 2.75) is 38.9 Å². The van der Waals surface area contributed by atoms with Gasteiger partial charge in [-0.15, -0.1) is 0 Å². The van der Waals surface area contributed by atoms with Crippen LogP contribution in [0.5, 0.6) is 0 Å². The fourth-order valence-corrected chi connectivity index (χ4v) is 1.35. The molecule has 0 aliphatic heterocycles. The fourth-order valence-electron chi connectivity index (χ4n) is 1.10. The summed E-state index contributed by atoms with van der Waals surface area (Å²) in [4.78, 5) is 0. The average molecular weight is 265 g/mol. The van der Waals surface area contributed by atoms with E-state index in [1.807, 2.05) is 6.07 Å². The maximum Gasteiger partial charge on any atom is 0.331 e. The van der Waals surface area contributed by atoms with Gasteiger partial charge in [-0.1, -0.05) is 17.1 Å². The van der Waals surface area contributed by atoms with Crippen molar-refractivity contribution in [2.24, 2.45) is 0 Å². The number of rotatable bonds is 4. The summed E-state index contributed by atoms with van der Waals surface area (Å²) in [6.45, 7) is 6.94. The van der Waals surface area contributed by atoms with Crippen molar-refractivity contribution in [3.8, 4) is 6.07 Å². The van der Waals surface area contributed by atoms with Crippen LogP contribution in [0.1, 0.15) is 33.3 Å². The molecule has 1 N–H and O–H groups in total. The lowest BCUT2D eigenvalue weighted by molar-refractivity contribution is -0.0893. The van der Waals surface area contributed by atoms with E-state index >= 15 is 0 Å². The molecule has 0 fully saturated rings. The summed E-state index contributed by atoms with van der Waals surface area (Å²) in [5.41, 5.74) is -0.572. The van der Waals surface area contributed by atoms with E-state index in [2.05, 4.69) is 0 Å². The average Bonchev–Trinajstić information content (AvgIpc) is 2.24. The third-order valence-corrected chi connectivity index (χ3v) is 3.23. The molecule has 18 heavy (non-hydrogen) atoms. The Balaban J connectivity index is 2.82. The van der Waals surface area contributed by atoms with Crippen molar-refractivity contribution in [1.82, 2.24) is 0 Å². The van der Waals surface area contributed by atoms with Gasteiger partial charge in [0.05, 0.1) is 22.8 Å². The smallest absolute Gasteiger partial charge is 0.331 e. The Hall–Kier alpha value is -1.02. The van der Waals surface area contributed by atoms with Gasteiger partial charge >= 0.3 is 7.48 Å². The zero-order valence-corrected chi connectivity index (χ0v) is 11.7. The van der Waals surface area contributed by atoms with Gasteiger partial charge < -0.3 is 9.76 Å². The van der Waals surface area contributed by atoms with E-state index in [0.717, 1.165) is 0 Å². The highest BCUT2D eigenvalue weighted by atomic mass is 35.5. The molecule has 0 amide bonds. The van der Waals surface area contributed by atoms with E-state index in [-0.39, 0.29) is 0 Å². The topological polar surface area (TPSA) is 53.2 Å². The predicted molar refractivity (Wildman–Crippen MR) is 73.0 cm³/mol. The lowest BCUT2D eigenvalue weighted by Crippen LogP contribution is -2.49. The Kier molecular flexibility index (Phi) is 4.44. The molecule has 3 nitrogen and oxygen atoms in total. The second-order valence-electron chi connectivity index (χ2n) is 5.19. The summed E-state index contributed by atoms with van der Waals surface area (Å²) < 4.78 is 5.59. The number of hydrogen-bond acceptors (Lipinski definition) is 3. The van der Waals surface area contributed by atoms with E-state index < -0.39 is 11.2 Å². The Morgan fingerprint density at radius 3 is 2.39 bits per heavy atom. The Bertz CT molecular complexity index is 475. The fraction of sp³-hybridized carbons (Fsp3) is 0.462. The molecule has 1 aromatic carbocycles. The van der Waals surface area contributed by atoms with Crippen LogP contribution in [0.3, 0.4) is 0 Å². The quantitative estimate of drug-likeness (QED) is 0.847. The summed E-state index contributed by atoms with van der Waals surface area (Å²) in [5, 5.41) is 19.3. The van der Waals surface area contributed by atoms with Gasteiger partial charge in [0.25, 0.3) is 0 Å². The first-order valence-corrected chi connectivity index (χ1v) is 5.97. The molecule has 0 saturated carbocycles. The van der Waals surface area contributed by atoms with Crippen molar-refractivity contribution in [1.29, 1.82) is 5.26 Å². The second kappa shape index (κ2) is 5.32. The monoisotopic (exact) mass is 264 g/mol. The predicted octanol–water partition coefficient (Wildman–Crippen LogP) is 2.02. The molecule has 5 heteroatoms. The van der Waals surface area contributed by atoms with Crippen molar-refractivity contribution in [3.63, 3.8) is 0 Å². The normalized spacial score (nSPS) is 12.1. The molecular formula is C13H16BClNO2. The number of nitrogens with zero attached hydrogens (tertiary/aromatic N) is 1. The molecule has 0 atom stereocenters. The zero-order valence-electron chi connectivity index (χ0n) is 11.0. The Morgan fingerprint density at radius 1 is 1.28 bits per heavy atom. The number of aliphatic hydroxyl groups is 1. The van der Waals surface area contributed by atoms with E-state index in [1.165, 1.54) is 7.48 Å². The van der Waals surface area contributed by atoms with Gasteiger partial charge in [-0.3, -0.25) is 0 Å². The zero-order chi connectivity index (χ0) is 14.0. The van der Waals surface area contributed by atoms with Gasteiger partial charge in [-0.2, -0.15) is 5.26 Å². The van der Waals surface area contributed by atoms with E-state index in [9.17, 15) is 5.11 Å². The third kappa shape index (κ3) is 3.74. The van der Waals surface area contributed by atoms with E-state index in [0.29, 0.717) is 16.0 Å². The highest BCUT2D eigenvalue weighted by molar-refractivity contribution is 6.48. The molecule has 1 rings (SSSR count). The highest BCUT2D eigenvalue weighted by Gasteiger charge is 2.35. The molecule has 95 valence electrons. The third-order valence-electron chi connectivity index (χ3n) is 3.01. The standard InChI is InChI=1S/C13H16BClNO2/c1-12(2,17)13(3,4)18-14-10-5-9(8-16)6-11(15)7-10/h5-7,17H,1-4H3. The summed E-state index contributed by atoms with van der Waals surface area (Å²) >= 11 is 5.89. The first kappa shape index (κ1) is 15.0. The number of nitriles is 1. The molecule has 0 heterocycles. The first-order chi connectivity index (χ1) is 8.15. The van der Waals surface area contributed by atoms with Crippen LogP contribution in [0.15, 0.2) is 18.2 Å². The van der Waals surface area contributed by atoms with Gasteiger partial charge in [-0.25, -0.2) is 0 Å². The van der Waals surface area contributed by atoms with Crippen LogP contribution in [0.4, 0.5) is 0 Å². The molecule has 1 aromatic rings. The first-order valence-electron chi connectivity index (χ1n) is 5.60. The molecule has 0 bridgehead atoms. The van der Waals surface area contributed by atoms with Crippen molar-refractivity contribution < 1.29 is 9.76 Å². The number of halogens is 1. The molecule has 0 aliphatic carbocycles. The number of benzene rings is 1. The number of hydrogen-bond donors (Lipinski definition) is 1. The highest BCUT2D eigenvalue weighted by Crippen LogP contribution is 2.24. The van der Waals surface area contributed by atoms with Gasteiger partial charge in [-0.05, 0) is 45.9 Å². The lowest BCUT2D eigenvalue weighted by Gasteiger charge is -2.37. The van der Waals surface area contributed by atoms with Crippen LogP contribution in [-0.4, -0.2) is 23.8 Å². The van der Waals surface area contributed by atoms with Crippen LogP contribution in [-0.2, 0) is 4.65 Å². The van der Waals surface area contributed by atoms with Crippen LogP contribution in [0.25, 0.3) is 0 Å². The van der Waals surface area contributed by atoms with Crippen molar-refractivity contribution in [3.05, 3.63) is 28.8 Å². The van der Waals surface area contributed by atoms with Crippen LogP contribution >= 0.6 is 11.6 Å². The second-order valence-corrected chi connectivity index (χ2v) is 5.63. The molecule has 0 aliphatic rings. The van der Waals surface area contributed by atoms with Gasteiger partial charge in [0, 0.05) is 5.02 Å².